The summed E-state index contributed by atoms with van der Waals surface area (Å²) in [7, 11) is 0. The minimum atomic E-state index is 0.485. The SMILES string of the molecule is C=CCC(c1ccccc1)N(CC)CC. The second-order valence-corrected chi connectivity index (χ2v) is 3.67. The third-order valence-corrected chi connectivity index (χ3v) is 2.83. The Kier molecular flexibility index (Phi) is 5.13. The average Bonchev–Trinajstić information content (AvgIpc) is 2.30. The van der Waals surface area contributed by atoms with Gasteiger partial charge in [0.15, 0.2) is 0 Å². The summed E-state index contributed by atoms with van der Waals surface area (Å²) in [5.74, 6) is 0. The monoisotopic (exact) mass is 203 g/mol. The van der Waals surface area contributed by atoms with E-state index in [0.29, 0.717) is 6.04 Å². The first-order chi connectivity index (χ1) is 7.33. The summed E-state index contributed by atoms with van der Waals surface area (Å²) in [6, 6.07) is 11.2. The first kappa shape index (κ1) is 12.0. The van der Waals surface area contributed by atoms with Crippen LogP contribution < -0.4 is 0 Å². The van der Waals surface area contributed by atoms with Gasteiger partial charge in [-0.15, -0.1) is 6.58 Å². The average molecular weight is 203 g/mol. The van der Waals surface area contributed by atoms with Crippen molar-refractivity contribution in [2.24, 2.45) is 0 Å². The molecule has 0 spiro atoms. The second-order valence-electron chi connectivity index (χ2n) is 3.67. The van der Waals surface area contributed by atoms with Gasteiger partial charge in [0.2, 0.25) is 0 Å². The first-order valence-electron chi connectivity index (χ1n) is 5.73. The van der Waals surface area contributed by atoms with Crippen molar-refractivity contribution in [2.45, 2.75) is 26.3 Å². The van der Waals surface area contributed by atoms with Crippen molar-refractivity contribution in [3.8, 4) is 0 Å². The molecule has 0 amide bonds. The van der Waals surface area contributed by atoms with E-state index >= 15 is 0 Å². The summed E-state index contributed by atoms with van der Waals surface area (Å²) < 4.78 is 0. The van der Waals surface area contributed by atoms with Crippen molar-refractivity contribution in [3.05, 3.63) is 48.6 Å². The Morgan fingerprint density at radius 3 is 2.27 bits per heavy atom. The molecule has 0 heterocycles. The number of hydrogen-bond donors (Lipinski definition) is 0. The van der Waals surface area contributed by atoms with E-state index in [0.717, 1.165) is 19.5 Å². The molecular formula is C14H21N. The van der Waals surface area contributed by atoms with Gasteiger partial charge in [-0.05, 0) is 25.1 Å². The summed E-state index contributed by atoms with van der Waals surface area (Å²) in [6.07, 6.45) is 3.03. The van der Waals surface area contributed by atoms with E-state index in [2.05, 4.69) is 55.7 Å². The van der Waals surface area contributed by atoms with Crippen LogP contribution >= 0.6 is 0 Å². The molecule has 0 saturated carbocycles. The van der Waals surface area contributed by atoms with Crippen molar-refractivity contribution >= 4 is 0 Å². The van der Waals surface area contributed by atoms with Crippen molar-refractivity contribution < 1.29 is 0 Å². The molecule has 0 aliphatic rings. The summed E-state index contributed by atoms with van der Waals surface area (Å²) in [6.45, 7) is 10.4. The van der Waals surface area contributed by atoms with Gasteiger partial charge in [0.05, 0.1) is 0 Å². The highest BCUT2D eigenvalue weighted by molar-refractivity contribution is 5.19. The number of benzene rings is 1. The zero-order valence-corrected chi connectivity index (χ0v) is 9.82. The Bertz CT molecular complexity index is 275. The predicted molar refractivity (Wildman–Crippen MR) is 66.9 cm³/mol. The lowest BCUT2D eigenvalue weighted by molar-refractivity contribution is 0.220. The van der Waals surface area contributed by atoms with E-state index in [-0.39, 0.29) is 0 Å². The molecule has 0 fully saturated rings. The molecule has 1 atom stereocenters. The fourth-order valence-electron chi connectivity index (χ4n) is 1.99. The van der Waals surface area contributed by atoms with E-state index in [1.165, 1.54) is 5.56 Å². The fraction of sp³-hybridized carbons (Fsp3) is 0.429. The lowest BCUT2D eigenvalue weighted by Crippen LogP contribution is -2.28. The third kappa shape index (κ3) is 3.21. The summed E-state index contributed by atoms with van der Waals surface area (Å²) in [5.41, 5.74) is 1.39. The molecule has 82 valence electrons. The zero-order chi connectivity index (χ0) is 11.1. The van der Waals surface area contributed by atoms with Crippen LogP contribution in [0.4, 0.5) is 0 Å². The van der Waals surface area contributed by atoms with Crippen LogP contribution in [0.3, 0.4) is 0 Å². The number of nitrogens with zero attached hydrogens (tertiary/aromatic N) is 1. The predicted octanol–water partition coefficient (Wildman–Crippen LogP) is 3.65. The molecule has 0 N–H and O–H groups in total. The van der Waals surface area contributed by atoms with Gasteiger partial charge in [0, 0.05) is 6.04 Å². The minimum absolute atomic E-state index is 0.485. The molecule has 1 aromatic rings. The van der Waals surface area contributed by atoms with Gasteiger partial charge < -0.3 is 0 Å². The number of hydrogen-bond acceptors (Lipinski definition) is 1. The van der Waals surface area contributed by atoms with Crippen molar-refractivity contribution in [2.75, 3.05) is 13.1 Å². The van der Waals surface area contributed by atoms with Crippen LogP contribution in [0.2, 0.25) is 0 Å². The molecule has 1 nitrogen and oxygen atoms in total. The topological polar surface area (TPSA) is 3.24 Å². The van der Waals surface area contributed by atoms with Gasteiger partial charge >= 0.3 is 0 Å². The van der Waals surface area contributed by atoms with Crippen LogP contribution in [0, 0.1) is 0 Å². The van der Waals surface area contributed by atoms with Crippen LogP contribution in [0.25, 0.3) is 0 Å². The molecule has 0 aliphatic carbocycles. The maximum Gasteiger partial charge on any atom is 0.0382 e. The lowest BCUT2D eigenvalue weighted by atomic mass is 10.0. The van der Waals surface area contributed by atoms with E-state index < -0.39 is 0 Å². The molecule has 1 rings (SSSR count). The third-order valence-electron chi connectivity index (χ3n) is 2.83. The highest BCUT2D eigenvalue weighted by Gasteiger charge is 2.15. The Labute approximate surface area is 93.4 Å². The summed E-state index contributed by atoms with van der Waals surface area (Å²) in [4.78, 5) is 2.47. The Hall–Kier alpha value is -1.08. The Balaban J connectivity index is 2.86. The van der Waals surface area contributed by atoms with Gasteiger partial charge in [0.25, 0.3) is 0 Å². The number of rotatable bonds is 6. The standard InChI is InChI=1S/C14H21N/c1-4-10-14(15(5-2)6-3)13-11-8-7-9-12-13/h4,7-9,11-12,14H,1,5-6,10H2,2-3H3. The quantitative estimate of drug-likeness (QED) is 0.638. The highest BCUT2D eigenvalue weighted by atomic mass is 15.1. The molecule has 0 aliphatic heterocycles. The minimum Gasteiger partial charge on any atom is -0.297 e. The van der Waals surface area contributed by atoms with Crippen LogP contribution in [-0.4, -0.2) is 18.0 Å². The fourth-order valence-corrected chi connectivity index (χ4v) is 1.99. The molecule has 1 aromatic carbocycles. The van der Waals surface area contributed by atoms with Crippen LogP contribution in [0.15, 0.2) is 43.0 Å². The summed E-state index contributed by atoms with van der Waals surface area (Å²) >= 11 is 0. The van der Waals surface area contributed by atoms with E-state index in [4.69, 9.17) is 0 Å². The smallest absolute Gasteiger partial charge is 0.0382 e. The Morgan fingerprint density at radius 2 is 1.80 bits per heavy atom. The van der Waals surface area contributed by atoms with E-state index in [9.17, 15) is 0 Å². The molecule has 0 bridgehead atoms. The largest absolute Gasteiger partial charge is 0.297 e. The van der Waals surface area contributed by atoms with Gasteiger partial charge in [-0.1, -0.05) is 50.3 Å². The molecular weight excluding hydrogens is 182 g/mol. The maximum absolute atomic E-state index is 3.85. The zero-order valence-electron chi connectivity index (χ0n) is 9.82. The maximum atomic E-state index is 3.85. The van der Waals surface area contributed by atoms with Crippen molar-refractivity contribution in [3.63, 3.8) is 0 Å². The highest BCUT2D eigenvalue weighted by Crippen LogP contribution is 2.23. The van der Waals surface area contributed by atoms with Gasteiger partial charge in [-0.3, -0.25) is 4.90 Å². The van der Waals surface area contributed by atoms with Crippen LogP contribution in [0.1, 0.15) is 31.9 Å². The molecule has 1 heteroatoms. The van der Waals surface area contributed by atoms with Crippen molar-refractivity contribution in [1.29, 1.82) is 0 Å². The van der Waals surface area contributed by atoms with Crippen LogP contribution in [-0.2, 0) is 0 Å². The van der Waals surface area contributed by atoms with Crippen LogP contribution in [0.5, 0.6) is 0 Å². The molecule has 15 heavy (non-hydrogen) atoms. The van der Waals surface area contributed by atoms with Crippen molar-refractivity contribution in [1.82, 2.24) is 4.90 Å². The lowest BCUT2D eigenvalue weighted by Gasteiger charge is -2.29. The second kappa shape index (κ2) is 6.41. The molecule has 1 unspecified atom stereocenters. The van der Waals surface area contributed by atoms with E-state index in [1.807, 2.05) is 6.08 Å². The summed E-state index contributed by atoms with van der Waals surface area (Å²) in [5, 5.41) is 0. The van der Waals surface area contributed by atoms with Gasteiger partial charge in [0.1, 0.15) is 0 Å². The normalized spacial score (nSPS) is 12.7. The molecule has 0 saturated heterocycles. The van der Waals surface area contributed by atoms with E-state index in [1.54, 1.807) is 0 Å². The molecule has 0 radical (unpaired) electrons. The first-order valence-corrected chi connectivity index (χ1v) is 5.73. The molecule has 0 aromatic heterocycles. The van der Waals surface area contributed by atoms with Gasteiger partial charge in [-0.25, -0.2) is 0 Å². The Morgan fingerprint density at radius 1 is 1.20 bits per heavy atom. The van der Waals surface area contributed by atoms with Gasteiger partial charge in [-0.2, -0.15) is 0 Å².